The van der Waals surface area contributed by atoms with Gasteiger partial charge in [-0.05, 0) is 5.56 Å². The first-order valence-electron chi connectivity index (χ1n) is 8.38. The lowest BCUT2D eigenvalue weighted by Gasteiger charge is -2.11. The Morgan fingerprint density at radius 2 is 2.04 bits per heavy atom. The Labute approximate surface area is 147 Å². The highest BCUT2D eigenvalue weighted by atomic mass is 16.1. The van der Waals surface area contributed by atoms with Crippen molar-refractivity contribution in [2.24, 2.45) is 10.2 Å². The monoisotopic (exact) mass is 335 g/mol. The molecule has 1 aliphatic heterocycles. The van der Waals surface area contributed by atoms with Gasteiger partial charge in [0.25, 0.3) is 0 Å². The fourth-order valence-corrected chi connectivity index (χ4v) is 2.68. The van der Waals surface area contributed by atoms with Gasteiger partial charge in [0, 0.05) is 38.4 Å². The van der Waals surface area contributed by atoms with Crippen LogP contribution in [0.5, 0.6) is 0 Å². The summed E-state index contributed by atoms with van der Waals surface area (Å²) in [6, 6.07) is 10.2. The molecule has 0 aliphatic carbocycles. The van der Waals surface area contributed by atoms with Gasteiger partial charge in [-0.3, -0.25) is 4.79 Å². The number of hydrogen-bond donors (Lipinski definition) is 1. The number of amides is 1. The average molecular weight is 335 g/mol. The van der Waals surface area contributed by atoms with Gasteiger partial charge < -0.3 is 9.88 Å². The summed E-state index contributed by atoms with van der Waals surface area (Å²) < 4.78 is 2.04. The number of benzene rings is 1. The highest BCUT2D eigenvalue weighted by molar-refractivity contribution is 5.75. The van der Waals surface area contributed by atoms with Crippen LogP contribution >= 0.6 is 0 Å². The zero-order valence-corrected chi connectivity index (χ0v) is 14.1. The van der Waals surface area contributed by atoms with E-state index in [0.717, 1.165) is 18.7 Å². The minimum absolute atomic E-state index is 0.00940. The highest BCUT2D eigenvalue weighted by Crippen LogP contribution is 2.37. The summed E-state index contributed by atoms with van der Waals surface area (Å²) in [5.74, 6) is 2.58. The molecule has 128 valence electrons. The van der Waals surface area contributed by atoms with E-state index in [4.69, 9.17) is 6.42 Å². The molecule has 6 heteroatoms. The molecular formula is C19H21N5O. The SMILES string of the molecule is C#CCCC1(CCC(=O)NCc2cncn2Cc2ccccc2)N=N1. The zero-order valence-electron chi connectivity index (χ0n) is 14.1. The number of carbonyl (C=O) groups is 1. The Kier molecular flexibility index (Phi) is 5.24. The van der Waals surface area contributed by atoms with Crippen molar-refractivity contribution in [2.45, 2.75) is 44.4 Å². The van der Waals surface area contributed by atoms with E-state index in [-0.39, 0.29) is 5.91 Å². The summed E-state index contributed by atoms with van der Waals surface area (Å²) in [7, 11) is 0. The van der Waals surface area contributed by atoms with Crippen molar-refractivity contribution in [1.29, 1.82) is 0 Å². The minimum Gasteiger partial charge on any atom is -0.350 e. The van der Waals surface area contributed by atoms with Crippen molar-refractivity contribution in [3.8, 4) is 12.3 Å². The number of nitrogens with zero attached hydrogens (tertiary/aromatic N) is 4. The first-order chi connectivity index (χ1) is 12.2. The second-order valence-electron chi connectivity index (χ2n) is 6.16. The standard InChI is InChI=1S/C19H21N5O/c1-2-3-10-19(22-23-19)11-9-18(25)21-13-17-12-20-15-24(17)14-16-7-5-4-6-8-16/h1,4-8,12,15H,3,9-11,13-14H2,(H,21,25). The van der Waals surface area contributed by atoms with Crippen LogP contribution in [0.3, 0.4) is 0 Å². The number of imidazole rings is 1. The molecule has 0 bridgehead atoms. The van der Waals surface area contributed by atoms with Crippen LogP contribution in [-0.2, 0) is 17.9 Å². The van der Waals surface area contributed by atoms with E-state index in [0.29, 0.717) is 25.8 Å². The summed E-state index contributed by atoms with van der Waals surface area (Å²) >= 11 is 0. The van der Waals surface area contributed by atoms with Gasteiger partial charge in [0.1, 0.15) is 0 Å². The average Bonchev–Trinajstić information content (AvgIpc) is 3.28. The van der Waals surface area contributed by atoms with E-state index >= 15 is 0 Å². The molecule has 1 amide bonds. The molecule has 0 radical (unpaired) electrons. The van der Waals surface area contributed by atoms with E-state index in [1.54, 1.807) is 12.5 Å². The third-order valence-electron chi connectivity index (χ3n) is 4.27. The van der Waals surface area contributed by atoms with Crippen molar-refractivity contribution < 1.29 is 4.79 Å². The largest absolute Gasteiger partial charge is 0.350 e. The maximum atomic E-state index is 12.1. The molecule has 6 nitrogen and oxygen atoms in total. The lowest BCUT2D eigenvalue weighted by Crippen LogP contribution is -2.26. The quantitative estimate of drug-likeness (QED) is 0.716. The van der Waals surface area contributed by atoms with Crippen LogP contribution in [0.15, 0.2) is 53.1 Å². The van der Waals surface area contributed by atoms with Gasteiger partial charge in [0.2, 0.25) is 5.91 Å². The highest BCUT2D eigenvalue weighted by Gasteiger charge is 2.39. The number of rotatable bonds is 9. The smallest absolute Gasteiger partial charge is 0.220 e. The maximum absolute atomic E-state index is 12.1. The van der Waals surface area contributed by atoms with Crippen LogP contribution in [0.4, 0.5) is 0 Å². The fourth-order valence-electron chi connectivity index (χ4n) is 2.68. The summed E-state index contributed by atoms with van der Waals surface area (Å²) in [6.07, 6.45) is 11.2. The lowest BCUT2D eigenvalue weighted by molar-refractivity contribution is -0.121. The molecule has 0 fully saturated rings. The van der Waals surface area contributed by atoms with E-state index in [1.807, 2.05) is 22.8 Å². The summed E-state index contributed by atoms with van der Waals surface area (Å²) in [4.78, 5) is 16.3. The lowest BCUT2D eigenvalue weighted by atomic mass is 10.0. The Morgan fingerprint density at radius 1 is 1.24 bits per heavy atom. The normalized spacial score (nSPS) is 14.0. The second-order valence-corrected chi connectivity index (χ2v) is 6.16. The molecule has 1 aliphatic rings. The number of aromatic nitrogens is 2. The predicted molar refractivity (Wildman–Crippen MR) is 94.5 cm³/mol. The Balaban J connectivity index is 1.45. The zero-order chi connectivity index (χ0) is 17.5. The Hall–Kier alpha value is -2.94. The summed E-state index contributed by atoms with van der Waals surface area (Å²) in [6.45, 7) is 1.19. The maximum Gasteiger partial charge on any atom is 0.220 e. The van der Waals surface area contributed by atoms with Crippen molar-refractivity contribution in [1.82, 2.24) is 14.9 Å². The van der Waals surface area contributed by atoms with Crippen LogP contribution in [-0.4, -0.2) is 21.1 Å². The topological polar surface area (TPSA) is 71.6 Å². The number of hydrogen-bond acceptors (Lipinski definition) is 4. The van der Waals surface area contributed by atoms with Gasteiger partial charge >= 0.3 is 0 Å². The first-order valence-corrected chi connectivity index (χ1v) is 8.38. The van der Waals surface area contributed by atoms with Gasteiger partial charge in [-0.25, -0.2) is 4.98 Å². The number of carbonyl (C=O) groups excluding carboxylic acids is 1. The molecular weight excluding hydrogens is 314 g/mol. The first kappa shape index (κ1) is 16.9. The Bertz CT molecular complexity index is 782. The molecule has 2 aromatic rings. The summed E-state index contributed by atoms with van der Waals surface area (Å²) in [5.41, 5.74) is 1.76. The van der Waals surface area contributed by atoms with Crippen molar-refractivity contribution in [3.63, 3.8) is 0 Å². The molecule has 0 atom stereocenters. The molecule has 0 spiro atoms. The second kappa shape index (κ2) is 7.75. The molecule has 0 unspecified atom stereocenters. The third-order valence-corrected chi connectivity index (χ3v) is 4.27. The van der Waals surface area contributed by atoms with Crippen LogP contribution in [0.2, 0.25) is 0 Å². The van der Waals surface area contributed by atoms with E-state index in [1.165, 1.54) is 5.56 Å². The molecule has 2 heterocycles. The minimum atomic E-state index is -0.404. The van der Waals surface area contributed by atoms with Crippen LogP contribution in [0.1, 0.15) is 36.9 Å². The van der Waals surface area contributed by atoms with Gasteiger partial charge in [0.05, 0.1) is 18.6 Å². The molecule has 25 heavy (non-hydrogen) atoms. The summed E-state index contributed by atoms with van der Waals surface area (Å²) in [5, 5.41) is 11.0. The van der Waals surface area contributed by atoms with Crippen molar-refractivity contribution >= 4 is 5.91 Å². The van der Waals surface area contributed by atoms with E-state index in [2.05, 4.69) is 38.6 Å². The third kappa shape index (κ3) is 4.77. The van der Waals surface area contributed by atoms with Crippen LogP contribution in [0.25, 0.3) is 0 Å². The van der Waals surface area contributed by atoms with Gasteiger partial charge in [-0.15, -0.1) is 12.3 Å². The predicted octanol–water partition coefficient (Wildman–Crippen LogP) is 2.90. The van der Waals surface area contributed by atoms with Crippen molar-refractivity contribution in [2.75, 3.05) is 0 Å². The van der Waals surface area contributed by atoms with Gasteiger partial charge in [-0.2, -0.15) is 10.2 Å². The number of nitrogens with one attached hydrogen (secondary N) is 1. The van der Waals surface area contributed by atoms with Gasteiger partial charge in [-0.1, -0.05) is 30.3 Å². The van der Waals surface area contributed by atoms with E-state index in [9.17, 15) is 4.79 Å². The van der Waals surface area contributed by atoms with Gasteiger partial charge in [0.15, 0.2) is 5.66 Å². The van der Waals surface area contributed by atoms with E-state index < -0.39 is 5.66 Å². The molecule has 0 saturated carbocycles. The molecule has 1 aromatic heterocycles. The van der Waals surface area contributed by atoms with Crippen LogP contribution in [0, 0.1) is 12.3 Å². The van der Waals surface area contributed by atoms with Crippen LogP contribution < -0.4 is 5.32 Å². The molecule has 1 N–H and O–H groups in total. The molecule has 0 saturated heterocycles. The fraction of sp³-hybridized carbons (Fsp3) is 0.368. The van der Waals surface area contributed by atoms with Crippen molar-refractivity contribution in [3.05, 3.63) is 54.1 Å². The molecule has 3 rings (SSSR count). The number of terminal acetylenes is 1. The Morgan fingerprint density at radius 3 is 2.76 bits per heavy atom. The molecule has 1 aromatic carbocycles.